The van der Waals surface area contributed by atoms with Crippen LogP contribution in [0.4, 0.5) is 10.2 Å². The number of fused-ring (bicyclic) bond motifs is 2. The first-order valence-electron chi connectivity index (χ1n) is 13.0. The van der Waals surface area contributed by atoms with Gasteiger partial charge in [0, 0.05) is 32.7 Å². The number of pyridine rings is 1. The number of halogens is 2. The molecule has 0 saturated carbocycles. The number of rotatable bonds is 5. The van der Waals surface area contributed by atoms with Crippen molar-refractivity contribution in [3.05, 3.63) is 47.3 Å². The number of phenolic OH excluding ortho intramolecular Hbond substituents is 1. The monoisotopic (exact) mass is 557 g/mol. The second-order valence-corrected chi connectivity index (χ2v) is 11.3. The molecule has 2 fully saturated rings. The maximum Gasteiger partial charge on any atom is 0.261 e. The average molecular weight is 558 g/mol. The molecule has 2 atom stereocenters. The summed E-state index contributed by atoms with van der Waals surface area (Å²) in [6.45, 7) is 8.07. The Hall–Kier alpha value is -3.37. The number of amides is 2. The molecule has 39 heavy (non-hydrogen) atoms. The van der Waals surface area contributed by atoms with Gasteiger partial charge in [0.15, 0.2) is 5.75 Å². The fourth-order valence-corrected chi connectivity index (χ4v) is 6.40. The molecule has 5 rings (SSSR count). The summed E-state index contributed by atoms with van der Waals surface area (Å²) < 4.78 is 21.3. The Labute approximate surface area is 232 Å². The lowest BCUT2D eigenvalue weighted by Crippen LogP contribution is -2.57. The summed E-state index contributed by atoms with van der Waals surface area (Å²) in [4.78, 5) is 38.9. The number of piperazine rings is 1. The Morgan fingerprint density at radius 3 is 2.79 bits per heavy atom. The molecule has 3 aliphatic heterocycles. The van der Waals surface area contributed by atoms with E-state index in [0.717, 1.165) is 12.8 Å². The fraction of sp³-hybridized carbons (Fsp3) is 0.464. The molecule has 2 saturated heterocycles. The molecule has 208 valence electrons. The third kappa shape index (κ3) is 4.69. The van der Waals surface area contributed by atoms with Crippen LogP contribution in [0.3, 0.4) is 0 Å². The van der Waals surface area contributed by atoms with E-state index < -0.39 is 11.9 Å². The topological polar surface area (TPSA) is 89.5 Å². The highest BCUT2D eigenvalue weighted by molar-refractivity contribution is 6.35. The zero-order valence-corrected chi connectivity index (χ0v) is 23.2. The van der Waals surface area contributed by atoms with Gasteiger partial charge in [-0.3, -0.25) is 9.59 Å². The summed E-state index contributed by atoms with van der Waals surface area (Å²) in [5.74, 6) is -1.06. The first-order chi connectivity index (χ1) is 18.6. The molecule has 1 aromatic heterocycles. The number of likely N-dealkylation sites (N-methyl/N-ethyl adjacent to an activating group) is 1. The molecule has 4 heterocycles. The average Bonchev–Trinajstić information content (AvgIpc) is 3.19. The van der Waals surface area contributed by atoms with Crippen molar-refractivity contribution in [2.24, 2.45) is 0 Å². The number of hydrogen-bond acceptors (Lipinski definition) is 7. The number of phenols is 1. The van der Waals surface area contributed by atoms with Crippen LogP contribution in [0.2, 0.25) is 5.02 Å². The quantitative estimate of drug-likeness (QED) is 0.564. The number of benzene rings is 1. The van der Waals surface area contributed by atoms with Crippen LogP contribution >= 0.6 is 11.6 Å². The Morgan fingerprint density at radius 2 is 2.10 bits per heavy atom. The van der Waals surface area contributed by atoms with Gasteiger partial charge in [0.1, 0.15) is 40.3 Å². The summed E-state index contributed by atoms with van der Waals surface area (Å²) in [6.07, 6.45) is 3.00. The number of nitrogens with zero attached hydrogens (tertiary/aromatic N) is 5. The molecule has 0 radical (unpaired) electrons. The van der Waals surface area contributed by atoms with Crippen LogP contribution in [-0.2, 0) is 4.79 Å². The summed E-state index contributed by atoms with van der Waals surface area (Å²) in [5.41, 5.74) is -0.289. The van der Waals surface area contributed by atoms with E-state index >= 15 is 4.39 Å². The second-order valence-electron chi connectivity index (χ2n) is 10.9. The van der Waals surface area contributed by atoms with Gasteiger partial charge in [-0.25, -0.2) is 9.37 Å². The minimum absolute atomic E-state index is 0.0104. The van der Waals surface area contributed by atoms with Gasteiger partial charge in [-0.05, 0) is 52.1 Å². The molecule has 9 nitrogen and oxygen atoms in total. The van der Waals surface area contributed by atoms with Gasteiger partial charge in [0.25, 0.3) is 5.91 Å². The lowest BCUT2D eigenvalue weighted by atomic mass is 9.97. The van der Waals surface area contributed by atoms with E-state index in [-0.39, 0.29) is 63.8 Å². The molecule has 0 spiro atoms. The minimum Gasteiger partial charge on any atom is -0.507 e. The summed E-state index contributed by atoms with van der Waals surface area (Å²) >= 11 is 6.84. The first-order valence-corrected chi connectivity index (χ1v) is 13.4. The minimum atomic E-state index is -0.691. The molecule has 1 aromatic carbocycles. The van der Waals surface area contributed by atoms with Crippen molar-refractivity contribution in [3.63, 3.8) is 0 Å². The van der Waals surface area contributed by atoms with Crippen molar-refractivity contribution in [2.75, 3.05) is 58.3 Å². The number of aromatic nitrogens is 1. The van der Waals surface area contributed by atoms with E-state index in [4.69, 9.17) is 21.3 Å². The maximum absolute atomic E-state index is 15.1. The van der Waals surface area contributed by atoms with E-state index in [1.54, 1.807) is 9.80 Å². The predicted molar refractivity (Wildman–Crippen MR) is 147 cm³/mol. The standard InChI is InChI=1S/C28H33ClFN5O4/c1-5-20(37)33-12-13-34-17(14-33)15-39-25-22(27(34)38)26(35-11-7-10-28(35,2)16-32(3)4)31-24(23(25)29)21-18(30)8-6-9-19(21)36/h5-6,8-9,17,36H,1,7,10-16H2,2-4H3. The Morgan fingerprint density at radius 1 is 1.33 bits per heavy atom. The van der Waals surface area contributed by atoms with E-state index in [2.05, 4.69) is 23.3 Å². The number of hydrogen-bond donors (Lipinski definition) is 1. The molecule has 2 aromatic rings. The van der Waals surface area contributed by atoms with Crippen molar-refractivity contribution in [2.45, 2.75) is 31.3 Å². The molecular weight excluding hydrogens is 525 g/mol. The van der Waals surface area contributed by atoms with Crippen molar-refractivity contribution >= 4 is 29.2 Å². The highest BCUT2D eigenvalue weighted by Gasteiger charge is 2.45. The van der Waals surface area contributed by atoms with Crippen molar-refractivity contribution in [1.29, 1.82) is 0 Å². The number of ether oxygens (including phenoxy) is 1. The zero-order chi connectivity index (χ0) is 28.1. The highest BCUT2D eigenvalue weighted by atomic mass is 35.5. The van der Waals surface area contributed by atoms with Crippen molar-refractivity contribution in [3.8, 4) is 22.8 Å². The molecule has 2 amide bonds. The third-order valence-corrected chi connectivity index (χ3v) is 8.18. The lowest BCUT2D eigenvalue weighted by molar-refractivity contribution is -0.128. The number of carbonyl (C=O) groups excluding carboxylic acids is 2. The van der Waals surface area contributed by atoms with Gasteiger partial charge in [0.05, 0.1) is 17.1 Å². The molecule has 0 aliphatic carbocycles. The Kier molecular flexibility index (Phi) is 7.19. The van der Waals surface area contributed by atoms with Crippen LogP contribution in [0.5, 0.6) is 11.5 Å². The predicted octanol–water partition coefficient (Wildman–Crippen LogP) is 3.40. The van der Waals surface area contributed by atoms with Crippen molar-refractivity contribution < 1.29 is 23.8 Å². The molecular formula is C28H33ClFN5O4. The fourth-order valence-electron chi connectivity index (χ4n) is 6.11. The van der Waals surface area contributed by atoms with Gasteiger partial charge in [-0.15, -0.1) is 0 Å². The Balaban J connectivity index is 1.70. The second kappa shape index (κ2) is 10.3. The SMILES string of the molecule is C=CC(=O)N1CCN2C(=O)c3c(N4CCCC4(C)CN(C)C)nc(-c4c(O)cccc4F)c(Cl)c3OCC2C1. The lowest BCUT2D eigenvalue weighted by Gasteiger charge is -2.41. The van der Waals surface area contributed by atoms with Crippen molar-refractivity contribution in [1.82, 2.24) is 19.7 Å². The van der Waals surface area contributed by atoms with Crippen LogP contribution in [0.15, 0.2) is 30.9 Å². The highest BCUT2D eigenvalue weighted by Crippen LogP contribution is 2.48. The first kappa shape index (κ1) is 27.2. The third-order valence-electron chi connectivity index (χ3n) is 7.83. The summed E-state index contributed by atoms with van der Waals surface area (Å²) in [6, 6.07) is 3.58. The summed E-state index contributed by atoms with van der Waals surface area (Å²) in [7, 11) is 3.98. The van der Waals surface area contributed by atoms with E-state index in [1.807, 2.05) is 14.1 Å². The van der Waals surface area contributed by atoms with E-state index in [9.17, 15) is 14.7 Å². The molecule has 2 unspecified atom stereocenters. The van der Waals surface area contributed by atoms with Crippen LogP contribution < -0.4 is 9.64 Å². The van der Waals surface area contributed by atoms with Gasteiger partial charge in [0.2, 0.25) is 5.91 Å². The number of carbonyl (C=O) groups is 2. The van der Waals surface area contributed by atoms with Gasteiger partial charge in [-0.2, -0.15) is 0 Å². The number of aromatic hydroxyl groups is 1. The van der Waals surface area contributed by atoms with E-state index in [1.165, 1.54) is 24.3 Å². The largest absolute Gasteiger partial charge is 0.507 e. The molecule has 3 aliphatic rings. The smallest absolute Gasteiger partial charge is 0.261 e. The van der Waals surface area contributed by atoms with Crippen LogP contribution in [0, 0.1) is 5.82 Å². The van der Waals surface area contributed by atoms with Crippen LogP contribution in [0.1, 0.15) is 30.1 Å². The maximum atomic E-state index is 15.1. The molecule has 11 heteroatoms. The van der Waals surface area contributed by atoms with Gasteiger partial charge in [-0.1, -0.05) is 24.2 Å². The van der Waals surface area contributed by atoms with Crippen LogP contribution in [-0.4, -0.2) is 102 Å². The van der Waals surface area contributed by atoms with E-state index in [0.29, 0.717) is 32.0 Å². The normalized spacial score (nSPS) is 22.9. The Bertz CT molecular complexity index is 1320. The van der Waals surface area contributed by atoms with Gasteiger partial charge < -0.3 is 29.4 Å². The summed E-state index contributed by atoms with van der Waals surface area (Å²) in [5, 5.41) is 10.6. The van der Waals surface area contributed by atoms with Crippen LogP contribution in [0.25, 0.3) is 11.3 Å². The zero-order valence-electron chi connectivity index (χ0n) is 22.4. The molecule has 1 N–H and O–H groups in total. The van der Waals surface area contributed by atoms with Gasteiger partial charge >= 0.3 is 0 Å². The number of anilines is 1. The molecule has 0 bridgehead atoms.